The Bertz CT molecular complexity index is 1020. The molecule has 31 heavy (non-hydrogen) atoms. The summed E-state index contributed by atoms with van der Waals surface area (Å²) in [6.07, 6.45) is 9.46. The second-order valence-corrected chi connectivity index (χ2v) is 8.43. The van der Waals surface area contributed by atoms with Crippen LogP contribution in [0.15, 0.2) is 34.1 Å². The lowest BCUT2D eigenvalue weighted by atomic mass is 9.90. The maximum absolute atomic E-state index is 12.6. The van der Waals surface area contributed by atoms with E-state index in [2.05, 4.69) is 27.0 Å². The normalized spacial score (nSPS) is 19.5. The summed E-state index contributed by atoms with van der Waals surface area (Å²) in [6, 6.07) is 1.72. The number of piperidine rings is 1. The van der Waals surface area contributed by atoms with Crippen molar-refractivity contribution in [1.29, 1.82) is 0 Å². The molecule has 8 heteroatoms. The van der Waals surface area contributed by atoms with Gasteiger partial charge in [0, 0.05) is 37.6 Å². The lowest BCUT2D eigenvalue weighted by Crippen LogP contribution is -2.40. The summed E-state index contributed by atoms with van der Waals surface area (Å²) >= 11 is 0. The molecule has 1 aliphatic heterocycles. The van der Waals surface area contributed by atoms with Crippen LogP contribution in [-0.2, 0) is 0 Å². The highest BCUT2D eigenvalue weighted by Crippen LogP contribution is 2.59. The molecule has 2 fully saturated rings. The first kappa shape index (κ1) is 21.0. The van der Waals surface area contributed by atoms with E-state index in [1.807, 2.05) is 18.7 Å². The molecule has 8 nitrogen and oxygen atoms in total. The lowest BCUT2D eigenvalue weighted by molar-refractivity contribution is 0.0662. The Balaban J connectivity index is 1.26. The summed E-state index contributed by atoms with van der Waals surface area (Å²) < 4.78 is 5.57. The Kier molecular flexibility index (Phi) is 5.71. The molecule has 1 unspecified atom stereocenters. The van der Waals surface area contributed by atoms with Gasteiger partial charge in [0.1, 0.15) is 11.5 Å². The first-order valence-corrected chi connectivity index (χ1v) is 10.5. The van der Waals surface area contributed by atoms with Crippen molar-refractivity contribution in [3.63, 3.8) is 0 Å². The van der Waals surface area contributed by atoms with Crippen molar-refractivity contribution in [3.05, 3.63) is 53.1 Å². The third-order valence-corrected chi connectivity index (χ3v) is 6.45. The van der Waals surface area contributed by atoms with Crippen LogP contribution in [0.25, 0.3) is 6.08 Å². The molecular weight excluding hydrogens is 394 g/mol. The highest BCUT2D eigenvalue weighted by atomic mass is 16.3. The number of aliphatic imine (C=N–C) groups is 1. The van der Waals surface area contributed by atoms with Gasteiger partial charge in [0.2, 0.25) is 0 Å². The van der Waals surface area contributed by atoms with Crippen LogP contribution in [0, 0.1) is 25.2 Å². The van der Waals surface area contributed by atoms with Gasteiger partial charge in [-0.1, -0.05) is 0 Å². The first-order chi connectivity index (χ1) is 14.9. The van der Waals surface area contributed by atoms with E-state index >= 15 is 0 Å². The number of carbonyl (C=O) groups excluding carboxylic acids is 2. The smallest absolute Gasteiger partial charge is 0.287 e. The zero-order valence-corrected chi connectivity index (χ0v) is 17.9. The fourth-order valence-corrected chi connectivity index (χ4v) is 4.36. The third-order valence-electron chi connectivity index (χ3n) is 6.45. The van der Waals surface area contributed by atoms with E-state index in [0.29, 0.717) is 42.8 Å². The minimum atomic E-state index is -0.207. The zero-order valence-electron chi connectivity index (χ0n) is 17.9. The van der Waals surface area contributed by atoms with Crippen molar-refractivity contribution in [3.8, 4) is 0 Å². The molecule has 1 aliphatic carbocycles. The van der Waals surface area contributed by atoms with Gasteiger partial charge in [-0.05, 0) is 63.3 Å². The van der Waals surface area contributed by atoms with Gasteiger partial charge in [0.25, 0.3) is 11.8 Å². The van der Waals surface area contributed by atoms with Crippen molar-refractivity contribution >= 4 is 24.6 Å². The predicted octanol–water partition coefficient (Wildman–Crippen LogP) is 3.03. The summed E-state index contributed by atoms with van der Waals surface area (Å²) in [4.78, 5) is 39.0. The molecule has 2 amide bonds. The topological polar surface area (TPSA) is 101 Å². The van der Waals surface area contributed by atoms with Crippen molar-refractivity contribution in [2.24, 2.45) is 16.3 Å². The second kappa shape index (κ2) is 8.45. The van der Waals surface area contributed by atoms with Crippen molar-refractivity contribution in [2.75, 3.05) is 19.6 Å². The Morgan fingerprint density at radius 1 is 1.32 bits per heavy atom. The van der Waals surface area contributed by atoms with Crippen LogP contribution in [0.2, 0.25) is 0 Å². The summed E-state index contributed by atoms with van der Waals surface area (Å²) in [5, 5.41) is 3.00. The van der Waals surface area contributed by atoms with Crippen LogP contribution in [0.1, 0.15) is 57.3 Å². The molecule has 1 atom stereocenters. The number of carbonyl (C=O) groups is 2. The fourth-order valence-electron chi connectivity index (χ4n) is 4.36. The van der Waals surface area contributed by atoms with E-state index in [1.165, 1.54) is 0 Å². The zero-order chi connectivity index (χ0) is 22.0. The summed E-state index contributed by atoms with van der Waals surface area (Å²) in [6.45, 7) is 9.11. The Hall–Kier alpha value is -3.29. The Labute approximate surface area is 181 Å². The molecular formula is C23H27N5O3. The summed E-state index contributed by atoms with van der Waals surface area (Å²) in [5.74, 6) is 1.14. The van der Waals surface area contributed by atoms with E-state index in [-0.39, 0.29) is 17.2 Å². The summed E-state index contributed by atoms with van der Waals surface area (Å²) in [5.41, 5.74) is 2.23. The second-order valence-electron chi connectivity index (χ2n) is 8.43. The Morgan fingerprint density at radius 2 is 2.10 bits per heavy atom. The number of hydrogen-bond donors (Lipinski definition) is 1. The average molecular weight is 422 g/mol. The maximum Gasteiger partial charge on any atom is 0.287 e. The molecule has 3 heterocycles. The number of nitrogens with one attached hydrogen (secondary N) is 1. The van der Waals surface area contributed by atoms with Crippen molar-refractivity contribution in [1.82, 2.24) is 20.2 Å². The number of furan rings is 1. The fraction of sp³-hybridized carbons (Fsp3) is 0.435. The maximum atomic E-state index is 12.6. The monoisotopic (exact) mass is 421 g/mol. The molecule has 2 aromatic rings. The van der Waals surface area contributed by atoms with E-state index in [1.54, 1.807) is 30.7 Å². The van der Waals surface area contributed by atoms with Gasteiger partial charge < -0.3 is 14.6 Å². The quantitative estimate of drug-likeness (QED) is 0.723. The van der Waals surface area contributed by atoms with Crippen LogP contribution in [0.4, 0.5) is 0 Å². The van der Waals surface area contributed by atoms with E-state index in [4.69, 9.17) is 4.42 Å². The lowest BCUT2D eigenvalue weighted by Gasteiger charge is -2.32. The number of rotatable bonds is 6. The van der Waals surface area contributed by atoms with Gasteiger partial charge in [-0.15, -0.1) is 0 Å². The van der Waals surface area contributed by atoms with Gasteiger partial charge in [-0.2, -0.15) is 0 Å². The van der Waals surface area contributed by atoms with Crippen LogP contribution in [0.5, 0.6) is 0 Å². The van der Waals surface area contributed by atoms with Crippen LogP contribution in [0.3, 0.4) is 0 Å². The number of nitrogens with zero attached hydrogens (tertiary/aromatic N) is 4. The molecule has 1 spiro atoms. The average Bonchev–Trinajstić information content (AvgIpc) is 3.30. The highest BCUT2D eigenvalue weighted by Gasteiger charge is 2.54. The van der Waals surface area contributed by atoms with Gasteiger partial charge in [-0.3, -0.25) is 19.6 Å². The van der Waals surface area contributed by atoms with Crippen molar-refractivity contribution in [2.45, 2.75) is 33.1 Å². The third kappa shape index (κ3) is 4.42. The predicted molar refractivity (Wildman–Crippen MR) is 117 cm³/mol. The molecule has 0 bridgehead atoms. The number of likely N-dealkylation sites (tertiary alicyclic amines) is 1. The standard InChI is InChI=1S/C23H27N5O3/c1-15-12-26-19(14-25-15)22(30)28-8-5-23(6-9-28)11-18(23)13-27-21(29)20-10-17(4-7-24-3)16(2)31-20/h4,7,10,12,14,18H,3,5-6,8-9,11,13H2,1-2H3,(H,27,29)/b7-4-. The first-order valence-electron chi connectivity index (χ1n) is 10.5. The molecule has 4 rings (SSSR count). The number of aromatic nitrogens is 2. The van der Waals surface area contributed by atoms with E-state index < -0.39 is 0 Å². The minimum absolute atomic E-state index is 0.0578. The molecule has 2 aromatic heterocycles. The SMILES string of the molecule is C=N/C=C\c1cc(C(=O)NCC2CC23CCN(C(=O)c2cnc(C)cn2)CC3)oc1C. The van der Waals surface area contributed by atoms with Gasteiger partial charge in [0.05, 0.1) is 11.9 Å². The van der Waals surface area contributed by atoms with E-state index in [0.717, 1.165) is 30.5 Å². The molecule has 162 valence electrons. The van der Waals surface area contributed by atoms with Crippen LogP contribution < -0.4 is 5.32 Å². The van der Waals surface area contributed by atoms with E-state index in [9.17, 15) is 9.59 Å². The molecule has 1 saturated carbocycles. The number of amides is 2. The summed E-state index contributed by atoms with van der Waals surface area (Å²) in [7, 11) is 0. The largest absolute Gasteiger partial charge is 0.456 e. The van der Waals surface area contributed by atoms with Crippen LogP contribution >= 0.6 is 0 Å². The molecule has 1 N–H and O–H groups in total. The minimum Gasteiger partial charge on any atom is -0.456 e. The van der Waals surface area contributed by atoms with Crippen LogP contribution in [-0.4, -0.2) is 53.0 Å². The number of aryl methyl sites for hydroxylation is 2. The van der Waals surface area contributed by atoms with Gasteiger partial charge in [-0.25, -0.2) is 4.98 Å². The van der Waals surface area contributed by atoms with Gasteiger partial charge in [0.15, 0.2) is 5.76 Å². The molecule has 2 aliphatic rings. The van der Waals surface area contributed by atoms with Crippen molar-refractivity contribution < 1.29 is 14.0 Å². The Morgan fingerprint density at radius 3 is 2.77 bits per heavy atom. The molecule has 0 aromatic carbocycles. The highest BCUT2D eigenvalue weighted by molar-refractivity contribution is 5.92. The number of hydrogen-bond acceptors (Lipinski definition) is 6. The molecule has 0 radical (unpaired) electrons. The van der Waals surface area contributed by atoms with Gasteiger partial charge >= 0.3 is 0 Å². The molecule has 1 saturated heterocycles.